The van der Waals surface area contributed by atoms with E-state index in [1.165, 1.54) is 13.2 Å². The predicted molar refractivity (Wildman–Crippen MR) is 109 cm³/mol. The summed E-state index contributed by atoms with van der Waals surface area (Å²) >= 11 is 0. The van der Waals surface area contributed by atoms with Crippen molar-refractivity contribution >= 4 is 5.91 Å². The van der Waals surface area contributed by atoms with Crippen molar-refractivity contribution in [3.63, 3.8) is 0 Å². The fourth-order valence-electron chi connectivity index (χ4n) is 4.78. The van der Waals surface area contributed by atoms with Crippen molar-refractivity contribution in [1.82, 2.24) is 9.80 Å². The molecule has 154 valence electrons. The van der Waals surface area contributed by atoms with Crippen molar-refractivity contribution in [1.29, 1.82) is 0 Å². The molecule has 0 saturated carbocycles. The Morgan fingerprint density at radius 2 is 1.97 bits per heavy atom. The first-order valence-corrected chi connectivity index (χ1v) is 10.1. The van der Waals surface area contributed by atoms with E-state index in [4.69, 9.17) is 4.74 Å². The summed E-state index contributed by atoms with van der Waals surface area (Å²) in [5.74, 6) is -0.127. The maximum absolute atomic E-state index is 14.1. The molecule has 1 N–H and O–H groups in total. The highest BCUT2D eigenvalue weighted by Crippen LogP contribution is 2.41. The lowest BCUT2D eigenvalue weighted by Gasteiger charge is -2.40. The first-order valence-electron chi connectivity index (χ1n) is 10.1. The van der Waals surface area contributed by atoms with Crippen LogP contribution in [0, 0.1) is 11.2 Å². The van der Waals surface area contributed by atoms with Crippen LogP contribution in [0.15, 0.2) is 42.5 Å². The average molecular weight is 398 g/mol. The highest BCUT2D eigenvalue weighted by Gasteiger charge is 2.43. The van der Waals surface area contributed by atoms with Crippen molar-refractivity contribution in [3.05, 3.63) is 59.4 Å². The van der Waals surface area contributed by atoms with Crippen LogP contribution in [0.4, 0.5) is 4.39 Å². The van der Waals surface area contributed by atoms with Crippen LogP contribution < -0.4 is 4.74 Å². The highest BCUT2D eigenvalue weighted by atomic mass is 19.1. The molecule has 2 saturated heterocycles. The number of methoxy groups -OCH3 is 1. The van der Waals surface area contributed by atoms with Crippen molar-refractivity contribution < 1.29 is 19.0 Å². The largest absolute Gasteiger partial charge is 0.504 e. The third kappa shape index (κ3) is 3.94. The van der Waals surface area contributed by atoms with E-state index in [1.54, 1.807) is 24.3 Å². The monoisotopic (exact) mass is 398 g/mol. The van der Waals surface area contributed by atoms with Gasteiger partial charge in [-0.1, -0.05) is 24.3 Å². The van der Waals surface area contributed by atoms with Gasteiger partial charge in [0.05, 0.1) is 12.7 Å². The minimum atomic E-state index is -0.163. The van der Waals surface area contributed by atoms with Crippen LogP contribution in [-0.2, 0) is 6.54 Å². The van der Waals surface area contributed by atoms with E-state index in [0.29, 0.717) is 25.4 Å². The number of aromatic hydroxyl groups is 1. The van der Waals surface area contributed by atoms with E-state index < -0.39 is 0 Å². The quantitative estimate of drug-likeness (QED) is 0.854. The zero-order valence-corrected chi connectivity index (χ0v) is 16.7. The van der Waals surface area contributed by atoms with Gasteiger partial charge in [0.2, 0.25) is 0 Å². The van der Waals surface area contributed by atoms with Gasteiger partial charge in [0.15, 0.2) is 11.5 Å². The number of nitrogens with zero attached hydrogens (tertiary/aromatic N) is 2. The molecule has 29 heavy (non-hydrogen) atoms. The van der Waals surface area contributed by atoms with E-state index in [2.05, 4.69) is 4.90 Å². The van der Waals surface area contributed by atoms with E-state index in [1.807, 2.05) is 17.0 Å². The molecular weight excluding hydrogens is 371 g/mol. The minimum Gasteiger partial charge on any atom is -0.504 e. The minimum absolute atomic E-state index is 0.0354. The molecule has 2 aliphatic heterocycles. The summed E-state index contributed by atoms with van der Waals surface area (Å²) in [5, 5.41) is 10.3. The molecule has 1 amide bonds. The molecule has 2 aromatic carbocycles. The van der Waals surface area contributed by atoms with Gasteiger partial charge in [0, 0.05) is 37.2 Å². The fourth-order valence-corrected chi connectivity index (χ4v) is 4.78. The number of carbonyl (C=O) groups is 1. The van der Waals surface area contributed by atoms with Crippen molar-refractivity contribution in [2.45, 2.75) is 25.8 Å². The summed E-state index contributed by atoms with van der Waals surface area (Å²) in [5.41, 5.74) is 1.03. The molecular formula is C23H27FN2O3. The molecule has 0 bridgehead atoms. The van der Waals surface area contributed by atoms with Crippen molar-refractivity contribution in [2.75, 3.05) is 33.3 Å². The van der Waals surface area contributed by atoms with Gasteiger partial charge in [0.25, 0.3) is 5.91 Å². The van der Waals surface area contributed by atoms with Gasteiger partial charge in [0.1, 0.15) is 5.82 Å². The number of para-hydroxylation sites is 1. The number of amides is 1. The number of phenolic OH excluding ortho intramolecular Hbond substituents is 1. The van der Waals surface area contributed by atoms with Crippen LogP contribution >= 0.6 is 0 Å². The Balaban J connectivity index is 1.45. The molecule has 2 aromatic rings. The van der Waals surface area contributed by atoms with Crippen LogP contribution in [-0.4, -0.2) is 54.1 Å². The normalized spacial score (nSPS) is 22.2. The molecule has 6 heteroatoms. The third-order valence-corrected chi connectivity index (χ3v) is 6.27. The molecule has 1 atom stereocenters. The SMILES string of the molecule is COc1cccc(C(=O)N2CCC3(CCCN(Cc4ccccc4F)C3)C2)c1O. The lowest BCUT2D eigenvalue weighted by Crippen LogP contribution is -2.45. The summed E-state index contributed by atoms with van der Waals surface area (Å²) in [7, 11) is 1.47. The summed E-state index contributed by atoms with van der Waals surface area (Å²) in [6.07, 6.45) is 3.03. The first-order chi connectivity index (χ1) is 14.0. The number of ether oxygens (including phenoxy) is 1. The lowest BCUT2D eigenvalue weighted by atomic mass is 9.79. The first kappa shape index (κ1) is 19.7. The Morgan fingerprint density at radius 1 is 1.14 bits per heavy atom. The molecule has 1 spiro atoms. The molecule has 5 nitrogen and oxygen atoms in total. The molecule has 2 aliphatic rings. The zero-order chi connectivity index (χ0) is 20.4. The number of carbonyl (C=O) groups excluding carboxylic acids is 1. The van der Waals surface area contributed by atoms with Crippen LogP contribution in [0.3, 0.4) is 0 Å². The number of piperidine rings is 1. The molecule has 1 unspecified atom stereocenters. The van der Waals surface area contributed by atoms with E-state index in [9.17, 15) is 14.3 Å². The summed E-state index contributed by atoms with van der Waals surface area (Å²) in [6.45, 7) is 3.73. The van der Waals surface area contributed by atoms with Gasteiger partial charge in [-0.3, -0.25) is 9.69 Å². The molecule has 0 aromatic heterocycles. The van der Waals surface area contributed by atoms with E-state index in [0.717, 1.165) is 37.9 Å². The topological polar surface area (TPSA) is 53.0 Å². The fraction of sp³-hybridized carbons (Fsp3) is 0.435. The maximum Gasteiger partial charge on any atom is 0.257 e. The van der Waals surface area contributed by atoms with Crippen LogP contribution in [0.1, 0.15) is 35.2 Å². The van der Waals surface area contributed by atoms with Gasteiger partial charge in [-0.15, -0.1) is 0 Å². The Bertz CT molecular complexity index is 903. The number of hydrogen-bond acceptors (Lipinski definition) is 4. The molecule has 0 aliphatic carbocycles. The van der Waals surface area contributed by atoms with Crippen LogP contribution in [0.2, 0.25) is 0 Å². The molecule has 2 heterocycles. The molecule has 0 radical (unpaired) electrons. The lowest BCUT2D eigenvalue weighted by molar-refractivity contribution is 0.0670. The van der Waals surface area contributed by atoms with Crippen LogP contribution in [0.25, 0.3) is 0 Å². The van der Waals surface area contributed by atoms with Gasteiger partial charge in [-0.05, 0) is 44.0 Å². The second kappa shape index (κ2) is 8.03. The Hall–Kier alpha value is -2.60. The van der Waals surface area contributed by atoms with Gasteiger partial charge in [-0.2, -0.15) is 0 Å². The van der Waals surface area contributed by atoms with Gasteiger partial charge >= 0.3 is 0 Å². The molecule has 2 fully saturated rings. The van der Waals surface area contributed by atoms with Crippen LogP contribution in [0.5, 0.6) is 11.5 Å². The Morgan fingerprint density at radius 3 is 2.76 bits per heavy atom. The van der Waals surface area contributed by atoms with Crippen molar-refractivity contribution in [3.8, 4) is 11.5 Å². The Labute approximate surface area is 170 Å². The maximum atomic E-state index is 14.1. The zero-order valence-electron chi connectivity index (χ0n) is 16.7. The smallest absolute Gasteiger partial charge is 0.257 e. The summed E-state index contributed by atoms with van der Waals surface area (Å²) in [6, 6.07) is 11.9. The van der Waals surface area contributed by atoms with Gasteiger partial charge < -0.3 is 14.7 Å². The summed E-state index contributed by atoms with van der Waals surface area (Å²) in [4.78, 5) is 17.2. The summed E-state index contributed by atoms with van der Waals surface area (Å²) < 4.78 is 19.2. The predicted octanol–water partition coefficient (Wildman–Crippen LogP) is 3.67. The van der Waals surface area contributed by atoms with E-state index >= 15 is 0 Å². The number of likely N-dealkylation sites (tertiary alicyclic amines) is 2. The number of phenols is 1. The van der Waals surface area contributed by atoms with Crippen molar-refractivity contribution in [2.24, 2.45) is 5.41 Å². The second-order valence-corrected chi connectivity index (χ2v) is 8.24. The average Bonchev–Trinajstić information content (AvgIpc) is 3.12. The number of halogens is 1. The number of rotatable bonds is 4. The Kier molecular flexibility index (Phi) is 5.46. The molecule has 4 rings (SSSR count). The number of benzene rings is 2. The van der Waals surface area contributed by atoms with Gasteiger partial charge in [-0.25, -0.2) is 4.39 Å². The standard InChI is InChI=1S/C23H27FN2O3/c1-29-20-9-4-7-18(21(20)27)22(28)26-13-11-23(16-26)10-5-12-25(15-23)14-17-6-2-3-8-19(17)24/h2-4,6-9,27H,5,10-16H2,1H3. The highest BCUT2D eigenvalue weighted by molar-refractivity contribution is 5.97. The van der Waals surface area contributed by atoms with E-state index in [-0.39, 0.29) is 28.5 Å². The third-order valence-electron chi connectivity index (χ3n) is 6.27. The second-order valence-electron chi connectivity index (χ2n) is 8.24. The number of hydrogen-bond donors (Lipinski definition) is 1.